The van der Waals surface area contributed by atoms with Gasteiger partial charge in [0.1, 0.15) is 0 Å². The number of benzene rings is 1. The highest BCUT2D eigenvalue weighted by molar-refractivity contribution is 6.16. The van der Waals surface area contributed by atoms with Crippen LogP contribution in [0.4, 0.5) is 0 Å². The van der Waals surface area contributed by atoms with E-state index in [0.717, 1.165) is 24.8 Å². The first kappa shape index (κ1) is 11.2. The molecule has 0 heterocycles. The van der Waals surface area contributed by atoms with Crippen molar-refractivity contribution in [3.05, 3.63) is 46.5 Å². The van der Waals surface area contributed by atoms with Crippen molar-refractivity contribution in [3.8, 4) is 0 Å². The van der Waals surface area contributed by atoms with Gasteiger partial charge < -0.3 is 0 Å². The molecule has 2 heteroatoms. The van der Waals surface area contributed by atoms with E-state index in [2.05, 4.69) is 13.0 Å². The molecule has 1 aromatic rings. The number of rotatable bonds is 1. The smallest absolute Gasteiger partial charge is 0.168 e. The maximum Gasteiger partial charge on any atom is 0.168 e. The minimum atomic E-state index is -0.0941. The summed E-state index contributed by atoms with van der Waals surface area (Å²) in [5.41, 5.74) is 3.87. The van der Waals surface area contributed by atoms with Gasteiger partial charge in [-0.25, -0.2) is 0 Å². The van der Waals surface area contributed by atoms with Gasteiger partial charge in [0.2, 0.25) is 0 Å². The molecular weight excluding hydrogens is 236 g/mol. The zero-order valence-electron chi connectivity index (χ0n) is 11.0. The molecule has 3 atom stereocenters. The molecule has 3 aliphatic rings. The summed E-state index contributed by atoms with van der Waals surface area (Å²) in [4.78, 5) is 25.3. The summed E-state index contributed by atoms with van der Waals surface area (Å²) in [6.07, 6.45) is 4.88. The monoisotopic (exact) mass is 252 g/mol. The molecule has 3 aliphatic carbocycles. The zero-order valence-corrected chi connectivity index (χ0v) is 11.0. The molecule has 2 nitrogen and oxygen atoms in total. The Morgan fingerprint density at radius 2 is 1.95 bits per heavy atom. The summed E-state index contributed by atoms with van der Waals surface area (Å²) in [6.45, 7) is 2.07. The lowest BCUT2D eigenvalue weighted by Crippen LogP contribution is -2.38. The Labute approximate surface area is 112 Å². The second-order valence-electron chi connectivity index (χ2n) is 5.92. The molecule has 1 aromatic carbocycles. The highest BCUT2D eigenvalue weighted by Gasteiger charge is 2.52. The number of aryl methyl sites for hydroxylation is 1. The van der Waals surface area contributed by atoms with Crippen molar-refractivity contribution in [2.75, 3.05) is 0 Å². The largest absolute Gasteiger partial charge is 0.294 e. The van der Waals surface area contributed by atoms with Crippen molar-refractivity contribution in [2.24, 2.45) is 17.8 Å². The average molecular weight is 252 g/mol. The van der Waals surface area contributed by atoms with E-state index in [0.29, 0.717) is 17.0 Å². The maximum atomic E-state index is 12.7. The van der Waals surface area contributed by atoms with Crippen LogP contribution in [-0.4, -0.2) is 11.6 Å². The lowest BCUT2D eigenvalue weighted by atomic mass is 9.68. The predicted octanol–water partition coefficient (Wildman–Crippen LogP) is 3.21. The molecule has 96 valence electrons. The van der Waals surface area contributed by atoms with E-state index in [1.165, 1.54) is 5.57 Å². The molecule has 1 saturated carbocycles. The van der Waals surface area contributed by atoms with Crippen LogP contribution in [0.1, 0.15) is 46.0 Å². The summed E-state index contributed by atoms with van der Waals surface area (Å²) in [6, 6.07) is 5.78. The second kappa shape index (κ2) is 3.66. The number of fused-ring (bicyclic) bond motifs is 4. The molecule has 0 N–H and O–H groups in total. The number of carbonyl (C=O) groups excluding carboxylic acids is 2. The number of ketones is 2. The molecule has 0 aliphatic heterocycles. The highest BCUT2D eigenvalue weighted by atomic mass is 16.1. The Morgan fingerprint density at radius 1 is 1.11 bits per heavy atom. The summed E-state index contributed by atoms with van der Waals surface area (Å²) in [5, 5.41) is 0. The van der Waals surface area contributed by atoms with Crippen molar-refractivity contribution < 1.29 is 9.59 Å². The molecule has 0 amide bonds. The van der Waals surface area contributed by atoms with Crippen LogP contribution < -0.4 is 0 Å². The van der Waals surface area contributed by atoms with Gasteiger partial charge in [0, 0.05) is 23.0 Å². The molecule has 0 saturated heterocycles. The van der Waals surface area contributed by atoms with Crippen LogP contribution in [0.3, 0.4) is 0 Å². The van der Waals surface area contributed by atoms with E-state index < -0.39 is 0 Å². The molecule has 1 fully saturated rings. The van der Waals surface area contributed by atoms with Gasteiger partial charge in [-0.15, -0.1) is 0 Å². The highest BCUT2D eigenvalue weighted by Crippen LogP contribution is 2.54. The fourth-order valence-electron chi connectivity index (χ4n) is 3.74. The number of hydrogen-bond acceptors (Lipinski definition) is 2. The Morgan fingerprint density at radius 3 is 2.74 bits per heavy atom. The normalized spacial score (nSPS) is 31.2. The summed E-state index contributed by atoms with van der Waals surface area (Å²) in [7, 11) is 0. The maximum absolute atomic E-state index is 12.7. The van der Waals surface area contributed by atoms with E-state index in [-0.39, 0.29) is 23.4 Å². The predicted molar refractivity (Wildman–Crippen MR) is 72.3 cm³/mol. The van der Waals surface area contributed by atoms with Crippen LogP contribution in [0.5, 0.6) is 0 Å². The fourth-order valence-corrected chi connectivity index (χ4v) is 3.74. The van der Waals surface area contributed by atoms with Gasteiger partial charge in [-0.1, -0.05) is 30.7 Å². The van der Waals surface area contributed by atoms with Crippen LogP contribution in [0.2, 0.25) is 0 Å². The van der Waals surface area contributed by atoms with Gasteiger partial charge >= 0.3 is 0 Å². The van der Waals surface area contributed by atoms with Gasteiger partial charge in [-0.3, -0.25) is 9.59 Å². The molecule has 4 rings (SSSR count). The third-order valence-electron chi connectivity index (χ3n) is 4.94. The van der Waals surface area contributed by atoms with Gasteiger partial charge in [0.25, 0.3) is 0 Å². The van der Waals surface area contributed by atoms with E-state index >= 15 is 0 Å². The average Bonchev–Trinajstić information content (AvgIpc) is 3.22. The molecular formula is C17H16O2. The van der Waals surface area contributed by atoms with Crippen LogP contribution in [0.15, 0.2) is 29.8 Å². The first-order valence-corrected chi connectivity index (χ1v) is 7.11. The van der Waals surface area contributed by atoms with Crippen molar-refractivity contribution in [1.29, 1.82) is 0 Å². The minimum absolute atomic E-state index is 0.0625. The fraction of sp³-hybridized carbons (Fsp3) is 0.412. The van der Waals surface area contributed by atoms with E-state index in [4.69, 9.17) is 0 Å². The van der Waals surface area contributed by atoms with Gasteiger partial charge in [-0.2, -0.15) is 0 Å². The quantitative estimate of drug-likeness (QED) is 0.719. The molecule has 0 bridgehead atoms. The molecule has 3 unspecified atom stereocenters. The first-order valence-electron chi connectivity index (χ1n) is 7.11. The van der Waals surface area contributed by atoms with Crippen LogP contribution in [0.25, 0.3) is 0 Å². The lowest BCUT2D eigenvalue weighted by molar-refractivity contribution is 0.0710. The third kappa shape index (κ3) is 1.43. The Hall–Kier alpha value is -1.70. The van der Waals surface area contributed by atoms with Gasteiger partial charge in [0.15, 0.2) is 11.6 Å². The topological polar surface area (TPSA) is 34.1 Å². The van der Waals surface area contributed by atoms with Crippen molar-refractivity contribution >= 4 is 11.6 Å². The Balaban J connectivity index is 1.86. The van der Waals surface area contributed by atoms with Crippen LogP contribution in [-0.2, 0) is 6.42 Å². The van der Waals surface area contributed by atoms with Crippen LogP contribution in [0, 0.1) is 17.8 Å². The molecule has 0 radical (unpaired) electrons. The number of allylic oxidation sites excluding steroid dienone is 2. The van der Waals surface area contributed by atoms with E-state index in [1.54, 1.807) is 0 Å². The SMILES string of the molecule is CCc1ccc2c(c1)C(=O)C1CC=C3CC3C1C2=O. The lowest BCUT2D eigenvalue weighted by Gasteiger charge is -2.32. The third-order valence-corrected chi connectivity index (χ3v) is 4.94. The summed E-state index contributed by atoms with van der Waals surface area (Å²) >= 11 is 0. The van der Waals surface area contributed by atoms with Gasteiger partial charge in [0.05, 0.1) is 0 Å². The number of Topliss-reactive ketones (excluding diaryl/α,β-unsaturated/α-hetero) is 2. The standard InChI is InChI=1S/C17H16O2/c1-2-9-3-5-11-14(7-9)16(18)12-6-4-10-8-13(10)15(12)17(11)19/h3-5,7,12-13,15H,2,6,8H2,1H3. The summed E-state index contributed by atoms with van der Waals surface area (Å²) in [5.74, 6) is 0.609. The van der Waals surface area contributed by atoms with Crippen LogP contribution >= 0.6 is 0 Å². The number of carbonyl (C=O) groups is 2. The Kier molecular flexibility index (Phi) is 2.15. The summed E-state index contributed by atoms with van der Waals surface area (Å²) < 4.78 is 0. The van der Waals surface area contributed by atoms with E-state index in [1.807, 2.05) is 18.2 Å². The first-order chi connectivity index (χ1) is 9.20. The zero-order chi connectivity index (χ0) is 13.1. The number of hydrogen-bond donors (Lipinski definition) is 0. The second-order valence-corrected chi connectivity index (χ2v) is 5.92. The van der Waals surface area contributed by atoms with Crippen molar-refractivity contribution in [1.82, 2.24) is 0 Å². The molecule has 0 spiro atoms. The van der Waals surface area contributed by atoms with Gasteiger partial charge in [-0.05, 0) is 36.8 Å². The molecule has 19 heavy (non-hydrogen) atoms. The molecule has 0 aromatic heterocycles. The van der Waals surface area contributed by atoms with Crippen molar-refractivity contribution in [2.45, 2.75) is 26.2 Å². The van der Waals surface area contributed by atoms with Crippen molar-refractivity contribution in [3.63, 3.8) is 0 Å². The minimum Gasteiger partial charge on any atom is -0.294 e. The Bertz CT molecular complexity index is 639. The van der Waals surface area contributed by atoms with E-state index in [9.17, 15) is 9.59 Å².